The van der Waals surface area contributed by atoms with Gasteiger partial charge < -0.3 is 0 Å². The molecule has 1 aromatic carbocycles. The van der Waals surface area contributed by atoms with Crippen molar-refractivity contribution < 1.29 is 9.90 Å². The van der Waals surface area contributed by atoms with Crippen molar-refractivity contribution in [2.45, 2.75) is 13.0 Å². The van der Waals surface area contributed by atoms with Crippen LogP contribution in [-0.4, -0.2) is 32.3 Å². The Balaban J connectivity index is 2.39. The van der Waals surface area contributed by atoms with Gasteiger partial charge in [0.1, 0.15) is 0 Å². The first kappa shape index (κ1) is 10.3. The van der Waals surface area contributed by atoms with Crippen LogP contribution in [0.15, 0.2) is 30.3 Å². The number of benzene rings is 1. The van der Waals surface area contributed by atoms with Gasteiger partial charge in [0, 0.05) is 0 Å². The second kappa shape index (κ2) is 5.02. The van der Waals surface area contributed by atoms with E-state index in [1.807, 2.05) is 30.3 Å². The number of hydrogen-bond acceptors (Lipinski definition) is 2. The Hall–Kier alpha value is -0.831. The molecule has 0 aliphatic heterocycles. The zero-order chi connectivity index (χ0) is 9.68. The normalized spacial score (nSPS) is 12.4. The van der Waals surface area contributed by atoms with Crippen molar-refractivity contribution in [3.8, 4) is 0 Å². The maximum absolute atomic E-state index is 10.5. The van der Waals surface area contributed by atoms with Gasteiger partial charge in [-0.1, -0.05) is 0 Å². The predicted molar refractivity (Wildman–Crippen MR) is 52.1 cm³/mol. The molecule has 1 rings (SSSR count). The summed E-state index contributed by atoms with van der Waals surface area (Å²) in [5, 5.41) is 8.61. The first-order valence-corrected chi connectivity index (χ1v) is 5.61. The molecule has 0 amide bonds. The van der Waals surface area contributed by atoms with Crippen molar-refractivity contribution in [1.29, 1.82) is 0 Å². The second-order valence-corrected chi connectivity index (χ2v) is 4.50. The third kappa shape index (κ3) is 3.59. The van der Waals surface area contributed by atoms with Gasteiger partial charge >= 0.3 is 83.1 Å². The molecule has 0 bridgehead atoms. The van der Waals surface area contributed by atoms with Crippen molar-refractivity contribution in [3.63, 3.8) is 0 Å². The Morgan fingerprint density at radius 3 is 2.62 bits per heavy atom. The summed E-state index contributed by atoms with van der Waals surface area (Å²) >= 11 is 0.0407. The van der Waals surface area contributed by atoms with Crippen LogP contribution in [0.2, 0.25) is 0 Å². The summed E-state index contributed by atoms with van der Waals surface area (Å²) in [6.07, 6.45) is 0. The van der Waals surface area contributed by atoms with Gasteiger partial charge in [-0.3, -0.25) is 0 Å². The minimum atomic E-state index is -0.808. The SMILES string of the molecule is CC(N[Se]c1ccccc1)C(=O)O. The molecule has 4 heteroatoms. The van der Waals surface area contributed by atoms with E-state index in [1.54, 1.807) is 6.92 Å². The van der Waals surface area contributed by atoms with E-state index in [9.17, 15) is 4.79 Å². The number of nitrogens with one attached hydrogen (secondary N) is 1. The Bertz CT molecular complexity index is 276. The average Bonchev–Trinajstić information content (AvgIpc) is 2.15. The number of hydrogen-bond donors (Lipinski definition) is 2. The third-order valence-electron chi connectivity index (χ3n) is 1.47. The third-order valence-corrected chi connectivity index (χ3v) is 3.52. The molecule has 2 N–H and O–H groups in total. The Kier molecular flexibility index (Phi) is 3.96. The number of carbonyl (C=O) groups is 1. The fourth-order valence-corrected chi connectivity index (χ4v) is 2.18. The molecule has 0 saturated carbocycles. The zero-order valence-corrected chi connectivity index (χ0v) is 8.94. The Morgan fingerprint density at radius 1 is 1.46 bits per heavy atom. The van der Waals surface area contributed by atoms with Crippen molar-refractivity contribution >= 4 is 25.6 Å². The van der Waals surface area contributed by atoms with Crippen LogP contribution in [0.1, 0.15) is 6.92 Å². The van der Waals surface area contributed by atoms with Crippen molar-refractivity contribution in [1.82, 2.24) is 4.33 Å². The summed E-state index contributed by atoms with van der Waals surface area (Å²) < 4.78 is 4.12. The van der Waals surface area contributed by atoms with E-state index >= 15 is 0 Å². The van der Waals surface area contributed by atoms with Crippen molar-refractivity contribution in [2.75, 3.05) is 0 Å². The molecule has 1 unspecified atom stereocenters. The second-order valence-electron chi connectivity index (χ2n) is 2.59. The molecule has 3 nitrogen and oxygen atoms in total. The number of carboxylic acid groups (broad SMARTS) is 1. The van der Waals surface area contributed by atoms with Crippen LogP contribution in [-0.2, 0) is 4.79 Å². The molecule has 70 valence electrons. The maximum atomic E-state index is 10.5. The van der Waals surface area contributed by atoms with Crippen LogP contribution in [0.4, 0.5) is 0 Å². The molecule has 0 radical (unpaired) electrons. The van der Waals surface area contributed by atoms with Crippen molar-refractivity contribution in [2.24, 2.45) is 0 Å². The molecule has 0 heterocycles. The topological polar surface area (TPSA) is 49.3 Å². The number of aliphatic carboxylic acids is 1. The van der Waals surface area contributed by atoms with E-state index in [1.165, 1.54) is 0 Å². The van der Waals surface area contributed by atoms with Crippen LogP contribution >= 0.6 is 0 Å². The first-order chi connectivity index (χ1) is 6.20. The molecular formula is C9H11NO2Se. The van der Waals surface area contributed by atoms with Crippen molar-refractivity contribution in [3.05, 3.63) is 30.3 Å². The summed E-state index contributed by atoms with van der Waals surface area (Å²) in [5.74, 6) is -0.808. The van der Waals surface area contributed by atoms with Gasteiger partial charge in [-0.2, -0.15) is 0 Å². The molecule has 1 aromatic rings. The number of carboxylic acids is 1. The molecule has 0 aromatic heterocycles. The van der Waals surface area contributed by atoms with Gasteiger partial charge in [0.25, 0.3) is 0 Å². The van der Waals surface area contributed by atoms with E-state index in [2.05, 4.69) is 4.33 Å². The van der Waals surface area contributed by atoms with Gasteiger partial charge in [-0.05, 0) is 0 Å². The fourth-order valence-electron chi connectivity index (χ4n) is 0.695. The van der Waals surface area contributed by atoms with Gasteiger partial charge in [0.15, 0.2) is 0 Å². The van der Waals surface area contributed by atoms with Crippen LogP contribution in [0.3, 0.4) is 0 Å². The van der Waals surface area contributed by atoms with E-state index in [0.717, 1.165) is 4.46 Å². The van der Waals surface area contributed by atoms with Crippen LogP contribution < -0.4 is 8.79 Å². The summed E-state index contributed by atoms with van der Waals surface area (Å²) in [6.45, 7) is 1.65. The quantitative estimate of drug-likeness (QED) is 0.733. The Labute approximate surface area is 83.5 Å². The molecule has 0 aliphatic rings. The van der Waals surface area contributed by atoms with E-state index in [4.69, 9.17) is 5.11 Å². The number of rotatable bonds is 4. The minimum absolute atomic E-state index is 0.0407. The van der Waals surface area contributed by atoms with Gasteiger partial charge in [0.05, 0.1) is 0 Å². The van der Waals surface area contributed by atoms with Gasteiger partial charge in [-0.25, -0.2) is 0 Å². The molecule has 13 heavy (non-hydrogen) atoms. The molecule has 1 atom stereocenters. The fraction of sp³-hybridized carbons (Fsp3) is 0.222. The summed E-state index contributed by atoms with van der Waals surface area (Å²) in [6, 6.07) is 9.35. The van der Waals surface area contributed by atoms with Gasteiger partial charge in [-0.15, -0.1) is 0 Å². The molecule has 0 fully saturated rings. The van der Waals surface area contributed by atoms with Crippen LogP contribution in [0, 0.1) is 0 Å². The monoisotopic (exact) mass is 245 g/mol. The molecule has 0 aliphatic carbocycles. The average molecular weight is 244 g/mol. The zero-order valence-electron chi connectivity index (χ0n) is 7.23. The predicted octanol–water partition coefficient (Wildman–Crippen LogP) is -0.00620. The van der Waals surface area contributed by atoms with Crippen LogP contribution in [0.25, 0.3) is 0 Å². The van der Waals surface area contributed by atoms with E-state index in [-0.39, 0.29) is 15.2 Å². The molecular weight excluding hydrogens is 233 g/mol. The molecule has 0 saturated heterocycles. The Morgan fingerprint density at radius 2 is 2.08 bits per heavy atom. The van der Waals surface area contributed by atoms with E-state index < -0.39 is 12.0 Å². The van der Waals surface area contributed by atoms with Gasteiger partial charge in [0.2, 0.25) is 0 Å². The summed E-state index contributed by atoms with van der Waals surface area (Å²) in [4.78, 5) is 10.5. The summed E-state index contributed by atoms with van der Waals surface area (Å²) in [5.41, 5.74) is 0. The first-order valence-electron chi connectivity index (χ1n) is 3.90. The van der Waals surface area contributed by atoms with E-state index in [0.29, 0.717) is 0 Å². The van der Waals surface area contributed by atoms with Crippen LogP contribution in [0.5, 0.6) is 0 Å². The standard InChI is InChI=1S/C9H11NO2Se/c1-7(9(11)12)10-13-8-5-3-2-4-6-8/h2-7,10H,1H3,(H,11,12). The summed E-state index contributed by atoms with van der Waals surface area (Å²) in [7, 11) is 0. The molecule has 0 spiro atoms.